The average molecular weight is 463 g/mol. The maximum absolute atomic E-state index is 12.6. The third kappa shape index (κ3) is 4.93. The van der Waals surface area contributed by atoms with Crippen LogP contribution < -0.4 is 10.6 Å². The molecule has 3 aliphatic rings. The van der Waals surface area contributed by atoms with Crippen LogP contribution in [0, 0.1) is 17.8 Å². The van der Waals surface area contributed by atoms with Crippen molar-refractivity contribution in [3.05, 3.63) is 59.7 Å². The smallest absolute Gasteiger partial charge is 0.407 e. The molecular formula is C27H30N2O5. The number of hydrogen-bond donors (Lipinski definition) is 3. The van der Waals surface area contributed by atoms with Gasteiger partial charge in [0.2, 0.25) is 5.91 Å². The van der Waals surface area contributed by atoms with Gasteiger partial charge in [-0.05, 0) is 65.7 Å². The zero-order valence-electron chi connectivity index (χ0n) is 19.0. The van der Waals surface area contributed by atoms with Crippen molar-refractivity contribution >= 4 is 18.0 Å². The summed E-state index contributed by atoms with van der Waals surface area (Å²) < 4.78 is 5.48. The molecule has 7 heteroatoms. The van der Waals surface area contributed by atoms with Gasteiger partial charge in [-0.15, -0.1) is 0 Å². The molecule has 2 amide bonds. The summed E-state index contributed by atoms with van der Waals surface area (Å²) in [5.74, 6) is 0.611. The van der Waals surface area contributed by atoms with E-state index in [0.717, 1.165) is 40.5 Å². The predicted octanol–water partition coefficient (Wildman–Crippen LogP) is 3.92. The predicted molar refractivity (Wildman–Crippen MR) is 126 cm³/mol. The Labute approximate surface area is 198 Å². The Morgan fingerprint density at radius 2 is 1.65 bits per heavy atom. The number of ether oxygens (including phenoxy) is 1. The molecule has 0 spiro atoms. The third-order valence-electron chi connectivity index (χ3n) is 7.35. The number of aliphatic carboxylic acids is 1. The molecule has 5 rings (SSSR count). The lowest BCUT2D eigenvalue weighted by molar-refractivity contribution is -0.139. The summed E-state index contributed by atoms with van der Waals surface area (Å²) in [5.41, 5.74) is 4.41. The fourth-order valence-corrected chi connectivity index (χ4v) is 5.37. The summed E-state index contributed by atoms with van der Waals surface area (Å²) >= 11 is 0. The van der Waals surface area contributed by atoms with Crippen LogP contribution in [0.2, 0.25) is 0 Å². The Balaban J connectivity index is 1.15. The second-order valence-corrected chi connectivity index (χ2v) is 9.70. The number of nitrogens with one attached hydrogen (secondary N) is 2. The molecule has 3 unspecified atom stereocenters. The van der Waals surface area contributed by atoms with Crippen LogP contribution in [0.25, 0.3) is 11.1 Å². The van der Waals surface area contributed by atoms with E-state index in [0.29, 0.717) is 12.5 Å². The minimum absolute atomic E-state index is 0.103. The molecule has 3 atom stereocenters. The molecule has 2 saturated carbocycles. The molecule has 0 aliphatic heterocycles. The number of hydrogen-bond acceptors (Lipinski definition) is 4. The first-order chi connectivity index (χ1) is 16.5. The second kappa shape index (κ2) is 9.49. The fraction of sp³-hybridized carbons (Fsp3) is 0.444. The van der Waals surface area contributed by atoms with E-state index >= 15 is 0 Å². The van der Waals surface area contributed by atoms with E-state index in [-0.39, 0.29) is 12.5 Å². The van der Waals surface area contributed by atoms with E-state index in [4.69, 9.17) is 4.74 Å². The lowest BCUT2D eigenvalue weighted by atomic mass is 9.98. The summed E-state index contributed by atoms with van der Waals surface area (Å²) in [7, 11) is 0. The van der Waals surface area contributed by atoms with Gasteiger partial charge in [-0.3, -0.25) is 9.59 Å². The maximum Gasteiger partial charge on any atom is 0.407 e. The van der Waals surface area contributed by atoms with Crippen LogP contribution in [0.3, 0.4) is 0 Å². The highest BCUT2D eigenvalue weighted by atomic mass is 16.5. The molecule has 2 aromatic rings. The number of alkyl carbamates (subject to hydrolysis) is 1. The molecule has 2 aromatic carbocycles. The van der Waals surface area contributed by atoms with Crippen LogP contribution in [-0.4, -0.2) is 42.3 Å². The highest BCUT2D eigenvalue weighted by molar-refractivity contribution is 5.89. The minimum Gasteiger partial charge on any atom is -0.481 e. The van der Waals surface area contributed by atoms with Gasteiger partial charge >= 0.3 is 12.1 Å². The fourth-order valence-electron chi connectivity index (χ4n) is 5.37. The van der Waals surface area contributed by atoms with E-state index in [1.165, 1.54) is 19.3 Å². The van der Waals surface area contributed by atoms with Gasteiger partial charge in [-0.25, -0.2) is 4.79 Å². The van der Waals surface area contributed by atoms with E-state index in [1.54, 1.807) is 0 Å². The van der Waals surface area contributed by atoms with Crippen molar-refractivity contribution in [2.45, 2.75) is 44.1 Å². The first-order valence-electron chi connectivity index (χ1n) is 12.1. The van der Waals surface area contributed by atoms with Gasteiger partial charge in [0.05, 0.1) is 6.42 Å². The first kappa shape index (κ1) is 22.4. The second-order valence-electron chi connectivity index (χ2n) is 9.70. The first-order valence-corrected chi connectivity index (χ1v) is 12.1. The summed E-state index contributed by atoms with van der Waals surface area (Å²) in [4.78, 5) is 36.4. The van der Waals surface area contributed by atoms with Crippen LogP contribution in [0.5, 0.6) is 0 Å². The molecule has 34 heavy (non-hydrogen) atoms. The Bertz CT molecular complexity index is 1050. The summed E-state index contributed by atoms with van der Waals surface area (Å²) in [6, 6.07) is 14.9. The lowest BCUT2D eigenvalue weighted by Gasteiger charge is -2.18. The van der Waals surface area contributed by atoms with Gasteiger partial charge in [0.1, 0.15) is 12.6 Å². The van der Waals surface area contributed by atoms with Gasteiger partial charge in [-0.1, -0.05) is 48.5 Å². The molecule has 0 bridgehead atoms. The highest BCUT2D eigenvalue weighted by Gasteiger charge is 2.46. The Kier molecular flexibility index (Phi) is 6.26. The van der Waals surface area contributed by atoms with Crippen LogP contribution in [0.15, 0.2) is 48.5 Å². The van der Waals surface area contributed by atoms with Gasteiger partial charge in [0, 0.05) is 12.5 Å². The summed E-state index contributed by atoms with van der Waals surface area (Å²) in [6.07, 6.45) is 3.51. The summed E-state index contributed by atoms with van der Waals surface area (Å²) in [6.45, 7) is 0.598. The molecule has 0 radical (unpaired) electrons. The Morgan fingerprint density at radius 1 is 1.00 bits per heavy atom. The Hall–Kier alpha value is -3.35. The van der Waals surface area contributed by atoms with Crippen LogP contribution in [-0.2, 0) is 14.3 Å². The minimum atomic E-state index is -1.17. The molecule has 2 fully saturated rings. The van der Waals surface area contributed by atoms with Crippen molar-refractivity contribution in [2.75, 3.05) is 13.2 Å². The quantitative estimate of drug-likeness (QED) is 0.496. The van der Waals surface area contributed by atoms with Gasteiger partial charge in [0.25, 0.3) is 0 Å². The van der Waals surface area contributed by atoms with E-state index < -0.39 is 30.4 Å². The van der Waals surface area contributed by atoms with Crippen molar-refractivity contribution in [1.29, 1.82) is 0 Å². The monoisotopic (exact) mass is 462 g/mol. The molecule has 3 N–H and O–H groups in total. The molecule has 3 aliphatic carbocycles. The number of carboxylic acid groups (broad SMARTS) is 1. The highest BCUT2D eigenvalue weighted by Crippen LogP contribution is 2.55. The zero-order valence-corrected chi connectivity index (χ0v) is 19.0. The van der Waals surface area contributed by atoms with Gasteiger partial charge < -0.3 is 20.5 Å². The van der Waals surface area contributed by atoms with Crippen LogP contribution >= 0.6 is 0 Å². The van der Waals surface area contributed by atoms with Crippen molar-refractivity contribution in [3.8, 4) is 11.1 Å². The number of carboxylic acids is 1. The molecule has 0 aromatic heterocycles. The topological polar surface area (TPSA) is 105 Å². The number of rotatable bonds is 10. The normalized spacial score (nSPS) is 21.2. The van der Waals surface area contributed by atoms with E-state index in [1.807, 2.05) is 36.4 Å². The average Bonchev–Trinajstić information content (AvgIpc) is 3.74. The van der Waals surface area contributed by atoms with Crippen molar-refractivity contribution in [2.24, 2.45) is 17.8 Å². The Morgan fingerprint density at radius 3 is 2.26 bits per heavy atom. The van der Waals surface area contributed by atoms with Crippen molar-refractivity contribution in [1.82, 2.24) is 10.6 Å². The largest absolute Gasteiger partial charge is 0.481 e. The maximum atomic E-state index is 12.6. The number of amides is 2. The van der Waals surface area contributed by atoms with Crippen LogP contribution in [0.4, 0.5) is 4.79 Å². The zero-order chi connectivity index (χ0) is 23.7. The summed E-state index contributed by atoms with van der Waals surface area (Å²) in [5, 5.41) is 14.5. The van der Waals surface area contributed by atoms with Gasteiger partial charge in [0.15, 0.2) is 0 Å². The van der Waals surface area contributed by atoms with Gasteiger partial charge in [-0.2, -0.15) is 0 Å². The number of carbonyl (C=O) groups excluding carboxylic acids is 2. The molecule has 178 valence electrons. The van der Waals surface area contributed by atoms with E-state index in [2.05, 4.69) is 22.8 Å². The standard InChI is InChI=1S/C27H30N2O5/c30-25(31)14-24(26(32)28-12-11-17-13-22(17)16-9-10-16)29-27(33)34-15-23-20-7-3-1-5-18(20)19-6-2-4-8-21(19)23/h1-8,16-17,22-24H,9-15H2,(H,28,32)(H,29,33)(H,30,31). The molecular weight excluding hydrogens is 432 g/mol. The number of benzene rings is 2. The number of carbonyl (C=O) groups is 3. The third-order valence-corrected chi connectivity index (χ3v) is 7.35. The SMILES string of the molecule is O=C(O)CC(NC(=O)OCC1c2ccccc2-c2ccccc21)C(=O)NCCC1CC1C1CC1. The van der Waals surface area contributed by atoms with Crippen LogP contribution in [0.1, 0.15) is 49.1 Å². The van der Waals surface area contributed by atoms with E-state index in [9.17, 15) is 19.5 Å². The molecule has 7 nitrogen and oxygen atoms in total. The van der Waals surface area contributed by atoms with Crippen molar-refractivity contribution < 1.29 is 24.2 Å². The molecule has 0 heterocycles. The van der Waals surface area contributed by atoms with Crippen molar-refractivity contribution in [3.63, 3.8) is 0 Å². The number of fused-ring (bicyclic) bond motifs is 3. The molecule has 0 saturated heterocycles. The lowest BCUT2D eigenvalue weighted by Crippen LogP contribution is -2.48.